The largest absolute Gasteiger partial charge is 0.463 e. The van der Waals surface area contributed by atoms with E-state index in [0.29, 0.717) is 27.5 Å². The number of pyridine rings is 1. The van der Waals surface area contributed by atoms with E-state index in [-0.39, 0.29) is 36.5 Å². The van der Waals surface area contributed by atoms with Crippen LogP contribution in [0.15, 0.2) is 72.1 Å². The van der Waals surface area contributed by atoms with Gasteiger partial charge in [-0.1, -0.05) is 45.0 Å². The topological polar surface area (TPSA) is 159 Å². The van der Waals surface area contributed by atoms with Crippen LogP contribution in [0.4, 0.5) is 22.0 Å². The molecule has 2 atom stereocenters. The first-order valence-electron chi connectivity index (χ1n) is 17.0. The molecule has 7 rings (SSSR count). The third-order valence-corrected chi connectivity index (χ3v) is 9.96. The molecular weight excluding hydrogens is 713 g/mol. The number of aromatic nitrogens is 5. The molecule has 3 N–H and O–H groups in total. The second-order valence-electron chi connectivity index (χ2n) is 14.9. The fraction of sp³-hybridized carbons (Fsp3) is 0.378. The van der Waals surface area contributed by atoms with Gasteiger partial charge >= 0.3 is 24.4 Å². The Morgan fingerprint density at radius 2 is 1.85 bits per heavy atom. The van der Waals surface area contributed by atoms with Crippen LogP contribution in [0.1, 0.15) is 81.4 Å². The van der Waals surface area contributed by atoms with Crippen molar-refractivity contribution in [3.8, 4) is 11.8 Å². The van der Waals surface area contributed by atoms with Gasteiger partial charge in [0.1, 0.15) is 12.7 Å². The van der Waals surface area contributed by atoms with Gasteiger partial charge in [-0.2, -0.15) is 37.4 Å². The van der Waals surface area contributed by atoms with E-state index in [2.05, 4.69) is 21.3 Å². The first kappa shape index (κ1) is 36.4. The molecule has 12 nitrogen and oxygen atoms in total. The van der Waals surface area contributed by atoms with E-state index in [4.69, 9.17) is 15.5 Å². The van der Waals surface area contributed by atoms with E-state index >= 15 is 4.79 Å². The van der Waals surface area contributed by atoms with Gasteiger partial charge in [0.2, 0.25) is 6.33 Å². The average molecular weight is 749 g/mol. The number of ether oxygens (including phenoxy) is 1. The van der Waals surface area contributed by atoms with E-state index < -0.39 is 65.7 Å². The fourth-order valence-corrected chi connectivity index (χ4v) is 7.22. The zero-order chi connectivity index (χ0) is 38.8. The number of amides is 1. The summed E-state index contributed by atoms with van der Waals surface area (Å²) in [7, 11) is 0. The minimum absolute atomic E-state index is 0.159. The molecule has 1 saturated carbocycles. The predicted octanol–water partition coefficient (Wildman–Crippen LogP) is 6.10. The van der Waals surface area contributed by atoms with Crippen LogP contribution in [0.5, 0.6) is 0 Å². The summed E-state index contributed by atoms with van der Waals surface area (Å²) in [6, 6.07) is 15.8. The van der Waals surface area contributed by atoms with Crippen molar-refractivity contribution in [3.05, 3.63) is 89.6 Å². The summed E-state index contributed by atoms with van der Waals surface area (Å²) in [5.41, 5.74) is 4.92. The summed E-state index contributed by atoms with van der Waals surface area (Å²) in [6.45, 7) is 5.16. The number of H-pyrrole nitrogens is 1. The Hall–Kier alpha value is -5.92. The molecule has 280 valence electrons. The van der Waals surface area contributed by atoms with Gasteiger partial charge in [0.05, 0.1) is 40.7 Å². The van der Waals surface area contributed by atoms with Crippen molar-refractivity contribution >= 4 is 34.3 Å². The molecule has 4 heterocycles. The van der Waals surface area contributed by atoms with E-state index in [1.807, 2.05) is 20.8 Å². The highest BCUT2D eigenvalue weighted by atomic mass is 19.4. The summed E-state index contributed by atoms with van der Waals surface area (Å²) >= 11 is 0. The third-order valence-electron chi connectivity index (χ3n) is 9.96. The van der Waals surface area contributed by atoms with Gasteiger partial charge in [0.15, 0.2) is 17.2 Å². The van der Waals surface area contributed by atoms with Crippen molar-refractivity contribution in [2.24, 2.45) is 21.6 Å². The zero-order valence-corrected chi connectivity index (χ0v) is 29.4. The zero-order valence-electron chi connectivity index (χ0n) is 29.4. The van der Waals surface area contributed by atoms with E-state index in [1.165, 1.54) is 24.4 Å². The second kappa shape index (κ2) is 12.9. The lowest BCUT2D eigenvalue weighted by Crippen LogP contribution is -2.47. The van der Waals surface area contributed by atoms with Crippen LogP contribution in [0.25, 0.3) is 22.1 Å². The lowest BCUT2D eigenvalue weighted by atomic mass is 9.75. The maximum Gasteiger partial charge on any atom is 0.395 e. The van der Waals surface area contributed by atoms with E-state index in [0.717, 1.165) is 15.9 Å². The molecule has 3 aromatic heterocycles. The van der Waals surface area contributed by atoms with Crippen LogP contribution in [0.2, 0.25) is 0 Å². The Bertz CT molecular complexity index is 2370. The monoisotopic (exact) mass is 748 g/mol. The van der Waals surface area contributed by atoms with Crippen molar-refractivity contribution < 1.29 is 41.0 Å². The van der Waals surface area contributed by atoms with Gasteiger partial charge in [-0.25, -0.2) is 9.51 Å². The molecule has 0 unspecified atom stereocenters. The number of hydrogen-bond acceptors (Lipinski definition) is 8. The van der Waals surface area contributed by atoms with Crippen LogP contribution in [0.3, 0.4) is 0 Å². The fourth-order valence-electron chi connectivity index (χ4n) is 7.22. The Balaban J connectivity index is 1.30. The lowest BCUT2D eigenvalue weighted by Gasteiger charge is -2.35. The molecule has 1 aliphatic carbocycles. The average Bonchev–Trinajstić information content (AvgIpc) is 3.43. The molecular formula is C37H35F5N9O3+. The number of rotatable bonds is 10. The Kier molecular flexibility index (Phi) is 8.70. The van der Waals surface area contributed by atoms with Gasteiger partial charge in [-0.05, 0) is 71.1 Å². The maximum atomic E-state index is 15.1. The molecule has 1 amide bonds. The van der Waals surface area contributed by atoms with Gasteiger partial charge in [-0.3, -0.25) is 14.5 Å². The lowest BCUT2D eigenvalue weighted by molar-refractivity contribution is -0.669. The van der Waals surface area contributed by atoms with Crippen LogP contribution in [-0.2, 0) is 19.9 Å². The normalized spacial score (nSPS) is 19.0. The first-order chi connectivity index (χ1) is 25.5. The molecule has 1 fully saturated rings. The number of aliphatic imine (C=N–C) groups is 1. The quantitative estimate of drug-likeness (QED) is 0.0992. The van der Waals surface area contributed by atoms with Crippen molar-refractivity contribution in [1.82, 2.24) is 24.6 Å². The summed E-state index contributed by atoms with van der Waals surface area (Å²) in [5.74, 6) is -2.54. The van der Waals surface area contributed by atoms with E-state index in [9.17, 15) is 32.0 Å². The van der Waals surface area contributed by atoms with Crippen LogP contribution >= 0.6 is 0 Å². The number of alkyl halides is 5. The number of nitriles is 1. The number of hydrogen-bond donors (Lipinski definition) is 2. The molecule has 5 aromatic rings. The Morgan fingerprint density at radius 3 is 2.52 bits per heavy atom. The van der Waals surface area contributed by atoms with Crippen molar-refractivity contribution in [2.45, 2.75) is 70.6 Å². The molecule has 0 radical (unpaired) electrons. The van der Waals surface area contributed by atoms with Gasteiger partial charge < -0.3 is 10.5 Å². The number of esters is 1. The smallest absolute Gasteiger partial charge is 0.395 e. The van der Waals surface area contributed by atoms with Gasteiger partial charge in [-0.15, -0.1) is 4.68 Å². The molecule has 17 heteroatoms. The summed E-state index contributed by atoms with van der Waals surface area (Å²) < 4.78 is 77.0. The van der Waals surface area contributed by atoms with Crippen molar-refractivity contribution in [1.29, 1.82) is 5.26 Å². The molecule has 0 spiro atoms. The molecule has 2 aromatic carbocycles. The highest BCUT2D eigenvalue weighted by Gasteiger charge is 2.64. The Labute approximate surface area is 305 Å². The van der Waals surface area contributed by atoms with Gasteiger partial charge in [0, 0.05) is 5.39 Å². The standard InChI is InChI=1S/C37H34F5N9O3/c1-34(2,3)19-36(24-8-10-26-22(13-24)7-9-27-23(16-43)17-46-51(26)27)32(53)49(33(44)48-36)28(18-54-29(52)15-35(11-12-35)37(40,41)42)21-5-4-6-25(14-21)50-31(30(38)39)45-20-47-50/h4-10,13-14,17,20,28,30H,11-12,15,18-19H2,1-3H3,(H2,44,48)/p+1/t28-,36-/m1/s1. The number of carbonyl (C=O) groups excluding carboxylic acids is 2. The number of guanidine groups is 1. The number of nitrogens with two attached hydrogens (primary N) is 1. The highest BCUT2D eigenvalue weighted by Crippen LogP contribution is 2.60. The molecule has 2 aliphatic rings. The van der Waals surface area contributed by atoms with E-state index in [1.54, 1.807) is 40.9 Å². The third kappa shape index (κ3) is 6.28. The minimum Gasteiger partial charge on any atom is -0.463 e. The summed E-state index contributed by atoms with van der Waals surface area (Å²) in [4.78, 5) is 37.7. The first-order valence-corrected chi connectivity index (χ1v) is 17.0. The SMILES string of the molecule is CC(C)(C)C[C@]1(c2ccc3c(ccc4c(C#N)cnn43)c2)N=C(N)N([C@H](COC(=O)CC2(C(F)(F)F)CC2)c2cccc(-[n+]3[nH]cnc3C(F)F)c2)C1=O. The summed E-state index contributed by atoms with van der Waals surface area (Å²) in [6.07, 6.45) is -6.15. The number of fused-ring (bicyclic) bond motifs is 3. The summed E-state index contributed by atoms with van der Waals surface area (Å²) in [5, 5.41) is 17.2. The van der Waals surface area contributed by atoms with Crippen LogP contribution < -0.4 is 10.4 Å². The number of aromatic amines is 1. The highest BCUT2D eigenvalue weighted by molar-refractivity contribution is 6.08. The number of halogens is 5. The molecule has 0 bridgehead atoms. The molecule has 0 saturated heterocycles. The number of nitrogens with one attached hydrogen (secondary N) is 1. The van der Waals surface area contributed by atoms with Crippen LogP contribution in [-0.4, -0.2) is 55.2 Å². The predicted molar refractivity (Wildman–Crippen MR) is 183 cm³/mol. The Morgan fingerprint density at radius 1 is 1.11 bits per heavy atom. The minimum atomic E-state index is -4.60. The molecule has 1 aliphatic heterocycles. The van der Waals surface area contributed by atoms with Crippen molar-refractivity contribution in [2.75, 3.05) is 6.61 Å². The number of benzene rings is 2. The van der Waals surface area contributed by atoms with Crippen molar-refractivity contribution in [3.63, 3.8) is 0 Å². The van der Waals surface area contributed by atoms with Gasteiger partial charge in [0.25, 0.3) is 5.91 Å². The number of carbonyl (C=O) groups is 2. The number of nitrogens with zero attached hydrogens (tertiary/aromatic N) is 7. The van der Waals surface area contributed by atoms with Crippen LogP contribution in [0, 0.1) is 22.2 Å². The molecule has 54 heavy (non-hydrogen) atoms. The second-order valence-corrected chi connectivity index (χ2v) is 14.9. The maximum absolute atomic E-state index is 15.1.